The predicted molar refractivity (Wildman–Crippen MR) is 92.5 cm³/mol. The summed E-state index contributed by atoms with van der Waals surface area (Å²) in [5.41, 5.74) is 1.11. The molecule has 0 saturated carbocycles. The number of rotatable bonds is 6. The first-order valence-corrected chi connectivity index (χ1v) is 8.04. The molecule has 1 heterocycles. The van der Waals surface area contributed by atoms with E-state index in [1.54, 1.807) is 0 Å². The molecule has 27 heavy (non-hydrogen) atoms. The summed E-state index contributed by atoms with van der Waals surface area (Å²) in [5.74, 6) is -1.85. The van der Waals surface area contributed by atoms with Crippen molar-refractivity contribution in [2.24, 2.45) is 0 Å². The number of hydrogen-bond acceptors (Lipinski definition) is 6. The van der Waals surface area contributed by atoms with Gasteiger partial charge in [0.05, 0.1) is 18.4 Å². The molecule has 0 aliphatic heterocycles. The summed E-state index contributed by atoms with van der Waals surface area (Å²) in [6, 6.07) is 11.9. The molecule has 9 heteroatoms. The van der Waals surface area contributed by atoms with Crippen molar-refractivity contribution in [3.05, 3.63) is 71.8 Å². The molecule has 0 aliphatic rings. The number of halogens is 1. The Balaban J connectivity index is 1.88. The predicted octanol–water partition coefficient (Wildman–Crippen LogP) is 1.32. The van der Waals surface area contributed by atoms with Crippen LogP contribution in [-0.2, 0) is 16.0 Å². The molecule has 1 aromatic heterocycles. The highest BCUT2D eigenvalue weighted by Gasteiger charge is 2.24. The van der Waals surface area contributed by atoms with Crippen LogP contribution in [0.2, 0.25) is 0 Å². The van der Waals surface area contributed by atoms with Crippen LogP contribution in [0, 0.1) is 5.82 Å². The number of benzene rings is 2. The molecule has 8 nitrogen and oxygen atoms in total. The summed E-state index contributed by atoms with van der Waals surface area (Å²) in [7, 11) is 1.24. The largest absolute Gasteiger partial charge is 0.467 e. The number of carbonyl (C=O) groups is 2. The Hall–Kier alpha value is -3.62. The lowest BCUT2D eigenvalue weighted by Gasteiger charge is -2.17. The van der Waals surface area contributed by atoms with Gasteiger partial charge in [-0.05, 0) is 34.2 Å². The van der Waals surface area contributed by atoms with Crippen LogP contribution in [0.15, 0.2) is 54.9 Å². The quantitative estimate of drug-likeness (QED) is 0.658. The minimum atomic E-state index is -0.935. The lowest BCUT2D eigenvalue weighted by Crippen LogP contribution is -2.43. The summed E-state index contributed by atoms with van der Waals surface area (Å²) >= 11 is 0. The van der Waals surface area contributed by atoms with Gasteiger partial charge in [-0.3, -0.25) is 4.79 Å². The second kappa shape index (κ2) is 8.17. The van der Waals surface area contributed by atoms with Gasteiger partial charge in [0.1, 0.15) is 18.2 Å². The van der Waals surface area contributed by atoms with Gasteiger partial charge in [0.25, 0.3) is 5.91 Å². The zero-order valence-corrected chi connectivity index (χ0v) is 14.4. The average Bonchev–Trinajstić information content (AvgIpc) is 3.22. The second-order valence-corrected chi connectivity index (χ2v) is 5.65. The molecule has 2 aromatic carbocycles. The summed E-state index contributed by atoms with van der Waals surface area (Å²) in [4.78, 5) is 24.9. The molecule has 0 saturated heterocycles. The smallest absolute Gasteiger partial charge is 0.328 e. The van der Waals surface area contributed by atoms with Crippen LogP contribution < -0.4 is 5.32 Å². The van der Waals surface area contributed by atoms with Gasteiger partial charge in [-0.1, -0.05) is 30.3 Å². The Bertz CT molecular complexity index is 931. The molecule has 1 amide bonds. The minimum absolute atomic E-state index is 0.00994. The van der Waals surface area contributed by atoms with Gasteiger partial charge in [-0.25, -0.2) is 9.18 Å². The fraction of sp³-hybridized carbons (Fsp3) is 0.167. The van der Waals surface area contributed by atoms with Crippen LogP contribution in [-0.4, -0.2) is 45.2 Å². The normalized spacial score (nSPS) is 11.6. The number of hydrogen-bond donors (Lipinski definition) is 1. The van der Waals surface area contributed by atoms with Gasteiger partial charge < -0.3 is 10.1 Å². The number of tetrazole rings is 1. The lowest BCUT2D eigenvalue weighted by molar-refractivity contribution is -0.142. The van der Waals surface area contributed by atoms with Crippen molar-refractivity contribution >= 4 is 11.9 Å². The lowest BCUT2D eigenvalue weighted by atomic mass is 10.0. The minimum Gasteiger partial charge on any atom is -0.467 e. The molecule has 0 fully saturated rings. The molecular formula is C18H16FN5O3. The topological polar surface area (TPSA) is 99.0 Å². The van der Waals surface area contributed by atoms with E-state index in [2.05, 4.69) is 20.8 Å². The van der Waals surface area contributed by atoms with Crippen LogP contribution in [0.4, 0.5) is 4.39 Å². The van der Waals surface area contributed by atoms with Gasteiger partial charge in [0.15, 0.2) is 0 Å². The summed E-state index contributed by atoms with van der Waals surface area (Å²) in [5, 5.41) is 13.3. The third-order valence-electron chi connectivity index (χ3n) is 3.87. The molecule has 0 spiro atoms. The van der Waals surface area contributed by atoms with Crippen molar-refractivity contribution < 1.29 is 18.7 Å². The number of esters is 1. The van der Waals surface area contributed by atoms with Crippen molar-refractivity contribution in [1.82, 2.24) is 25.5 Å². The standard InChI is InChI=1S/C18H16FN5O3/c1-27-18(26)15(9-12-5-3-2-4-6-12)21-17(25)14-10-13(19)7-8-16(14)24-11-20-22-23-24/h2-8,10-11,15H,9H2,1H3,(H,21,25)/t15-/m1/s1. The summed E-state index contributed by atoms with van der Waals surface area (Å²) < 4.78 is 19.7. The molecule has 0 unspecified atom stereocenters. The maximum Gasteiger partial charge on any atom is 0.328 e. The van der Waals surface area contributed by atoms with E-state index in [-0.39, 0.29) is 17.7 Å². The Kier molecular flexibility index (Phi) is 5.50. The van der Waals surface area contributed by atoms with Crippen molar-refractivity contribution in [3.63, 3.8) is 0 Å². The van der Waals surface area contributed by atoms with Crippen LogP contribution in [0.3, 0.4) is 0 Å². The molecule has 138 valence electrons. The molecular weight excluding hydrogens is 353 g/mol. The van der Waals surface area contributed by atoms with Crippen molar-refractivity contribution in [2.45, 2.75) is 12.5 Å². The Morgan fingerprint density at radius 2 is 2.00 bits per heavy atom. The van der Waals surface area contributed by atoms with E-state index in [1.165, 1.54) is 30.3 Å². The highest BCUT2D eigenvalue weighted by atomic mass is 19.1. The average molecular weight is 369 g/mol. The van der Waals surface area contributed by atoms with Crippen molar-refractivity contribution in [2.75, 3.05) is 7.11 Å². The molecule has 1 atom stereocenters. The van der Waals surface area contributed by atoms with E-state index in [4.69, 9.17) is 4.74 Å². The van der Waals surface area contributed by atoms with Crippen molar-refractivity contribution in [1.29, 1.82) is 0 Å². The number of amides is 1. The second-order valence-electron chi connectivity index (χ2n) is 5.65. The zero-order chi connectivity index (χ0) is 19.2. The fourth-order valence-corrected chi connectivity index (χ4v) is 2.58. The van der Waals surface area contributed by atoms with Crippen LogP contribution in [0.1, 0.15) is 15.9 Å². The number of nitrogens with zero attached hydrogens (tertiary/aromatic N) is 4. The monoisotopic (exact) mass is 369 g/mol. The van der Waals surface area contributed by atoms with Crippen LogP contribution >= 0.6 is 0 Å². The van der Waals surface area contributed by atoms with E-state index in [0.717, 1.165) is 11.6 Å². The Morgan fingerprint density at radius 3 is 2.67 bits per heavy atom. The maximum absolute atomic E-state index is 13.7. The van der Waals surface area contributed by atoms with Crippen molar-refractivity contribution in [3.8, 4) is 5.69 Å². The highest BCUT2D eigenvalue weighted by Crippen LogP contribution is 2.16. The van der Waals surface area contributed by atoms with Gasteiger partial charge in [0.2, 0.25) is 0 Å². The van der Waals surface area contributed by atoms with Crippen LogP contribution in [0.5, 0.6) is 0 Å². The third-order valence-corrected chi connectivity index (χ3v) is 3.87. The molecule has 3 rings (SSSR count). The van der Waals surface area contributed by atoms with Gasteiger partial charge >= 0.3 is 5.97 Å². The Labute approximate surface area is 154 Å². The highest BCUT2D eigenvalue weighted by molar-refractivity contribution is 5.99. The SMILES string of the molecule is COC(=O)[C@@H](Cc1ccccc1)NC(=O)c1cc(F)ccc1-n1cnnn1. The number of ether oxygens (including phenoxy) is 1. The van der Waals surface area contributed by atoms with E-state index >= 15 is 0 Å². The van der Waals surface area contributed by atoms with Gasteiger partial charge in [-0.2, -0.15) is 4.68 Å². The van der Waals surface area contributed by atoms with E-state index in [1.807, 2.05) is 30.3 Å². The maximum atomic E-state index is 13.7. The molecule has 0 bridgehead atoms. The number of aromatic nitrogens is 4. The molecule has 3 aromatic rings. The molecule has 0 aliphatic carbocycles. The third kappa shape index (κ3) is 4.32. The van der Waals surface area contributed by atoms with E-state index < -0.39 is 23.7 Å². The first kappa shape index (κ1) is 18.2. The van der Waals surface area contributed by atoms with Crippen LogP contribution in [0.25, 0.3) is 5.69 Å². The number of methoxy groups -OCH3 is 1. The summed E-state index contributed by atoms with van der Waals surface area (Å²) in [6.07, 6.45) is 1.51. The summed E-state index contributed by atoms with van der Waals surface area (Å²) in [6.45, 7) is 0. The number of nitrogens with one attached hydrogen (secondary N) is 1. The van der Waals surface area contributed by atoms with Gasteiger partial charge in [0, 0.05) is 6.42 Å². The number of carbonyl (C=O) groups excluding carboxylic acids is 2. The van der Waals surface area contributed by atoms with E-state index in [0.29, 0.717) is 0 Å². The zero-order valence-electron chi connectivity index (χ0n) is 14.4. The first-order valence-electron chi connectivity index (χ1n) is 8.04. The Morgan fingerprint density at radius 1 is 1.22 bits per heavy atom. The fourth-order valence-electron chi connectivity index (χ4n) is 2.58. The molecule has 0 radical (unpaired) electrons. The van der Waals surface area contributed by atoms with Gasteiger partial charge in [-0.15, -0.1) is 5.10 Å². The first-order chi connectivity index (χ1) is 13.1. The molecule has 1 N–H and O–H groups in total. The van der Waals surface area contributed by atoms with E-state index in [9.17, 15) is 14.0 Å².